The van der Waals surface area contributed by atoms with Crippen LogP contribution >= 0.6 is 0 Å². The topological polar surface area (TPSA) is 55.2 Å². The fraction of sp³-hybridized carbons (Fsp3) is 0.421. The van der Waals surface area contributed by atoms with Gasteiger partial charge in [-0.3, -0.25) is 9.69 Å². The van der Waals surface area contributed by atoms with Crippen molar-refractivity contribution in [2.24, 2.45) is 0 Å². The van der Waals surface area contributed by atoms with Crippen LogP contribution in [0.25, 0.3) is 0 Å². The summed E-state index contributed by atoms with van der Waals surface area (Å²) in [6.45, 7) is 5.66. The van der Waals surface area contributed by atoms with E-state index in [0.717, 1.165) is 31.1 Å². The Morgan fingerprint density at radius 2 is 1.80 bits per heavy atom. The molecule has 25 heavy (non-hydrogen) atoms. The first-order valence-corrected chi connectivity index (χ1v) is 8.50. The quantitative estimate of drug-likeness (QED) is 0.805. The van der Waals surface area contributed by atoms with Gasteiger partial charge in [0.15, 0.2) is 6.10 Å². The van der Waals surface area contributed by atoms with Gasteiger partial charge in [-0.05, 0) is 43.3 Å². The summed E-state index contributed by atoms with van der Waals surface area (Å²) in [4.78, 5) is 16.7. The number of nitrogens with zero attached hydrogens (tertiary/aromatic N) is 2. The average Bonchev–Trinajstić information content (AvgIpc) is 3.15. The van der Waals surface area contributed by atoms with Gasteiger partial charge in [-0.2, -0.15) is 0 Å². The minimum Gasteiger partial charge on any atom is -0.497 e. The van der Waals surface area contributed by atoms with E-state index >= 15 is 0 Å². The molecule has 0 radical (unpaired) electrons. The van der Waals surface area contributed by atoms with Gasteiger partial charge in [0.2, 0.25) is 0 Å². The van der Waals surface area contributed by atoms with Gasteiger partial charge in [-0.25, -0.2) is 0 Å². The summed E-state index contributed by atoms with van der Waals surface area (Å²) in [5.74, 6) is 2.40. The molecule has 1 amide bonds. The lowest BCUT2D eigenvalue weighted by atomic mass is 10.2. The number of ether oxygens (including phenoxy) is 2. The van der Waals surface area contributed by atoms with Crippen molar-refractivity contribution < 1.29 is 18.7 Å². The fourth-order valence-electron chi connectivity index (χ4n) is 2.92. The Kier molecular flexibility index (Phi) is 5.60. The Labute approximate surface area is 147 Å². The Hall–Kier alpha value is -2.47. The van der Waals surface area contributed by atoms with Crippen LogP contribution in [-0.2, 0) is 11.3 Å². The number of furan rings is 1. The van der Waals surface area contributed by atoms with Crippen LogP contribution in [0.5, 0.6) is 11.5 Å². The molecule has 0 saturated carbocycles. The number of rotatable bonds is 6. The highest BCUT2D eigenvalue weighted by atomic mass is 16.5. The standard InChI is InChI=1S/C19H24N2O4/c1-15(25-17-7-5-16(23-2)6-8-17)19(22)21-11-9-20(10-12-21)14-18-4-3-13-24-18/h3-8,13,15H,9-12,14H2,1-2H3/t15-/m1/s1. The third-order valence-electron chi connectivity index (χ3n) is 4.36. The van der Waals surface area contributed by atoms with Crippen LogP contribution in [0.4, 0.5) is 0 Å². The summed E-state index contributed by atoms with van der Waals surface area (Å²) in [6, 6.07) is 11.1. The molecule has 3 rings (SSSR count). The number of benzene rings is 1. The average molecular weight is 344 g/mol. The highest BCUT2D eigenvalue weighted by Crippen LogP contribution is 2.19. The predicted octanol–water partition coefficient (Wildman–Crippen LogP) is 2.40. The first-order chi connectivity index (χ1) is 12.2. The van der Waals surface area contributed by atoms with E-state index in [4.69, 9.17) is 13.9 Å². The number of hydrogen-bond donors (Lipinski definition) is 0. The molecule has 1 aliphatic rings. The van der Waals surface area contributed by atoms with Crippen molar-refractivity contribution in [3.8, 4) is 11.5 Å². The summed E-state index contributed by atoms with van der Waals surface area (Å²) in [6.07, 6.45) is 1.18. The van der Waals surface area contributed by atoms with Gasteiger partial charge in [0.25, 0.3) is 5.91 Å². The minimum absolute atomic E-state index is 0.0217. The monoisotopic (exact) mass is 344 g/mol. The molecular weight excluding hydrogens is 320 g/mol. The van der Waals surface area contributed by atoms with Crippen LogP contribution in [0.15, 0.2) is 47.1 Å². The van der Waals surface area contributed by atoms with E-state index in [-0.39, 0.29) is 5.91 Å². The zero-order valence-electron chi connectivity index (χ0n) is 14.7. The first kappa shape index (κ1) is 17.4. The summed E-state index contributed by atoms with van der Waals surface area (Å²) in [5, 5.41) is 0. The van der Waals surface area contributed by atoms with Crippen molar-refractivity contribution in [3.05, 3.63) is 48.4 Å². The molecular formula is C19H24N2O4. The van der Waals surface area contributed by atoms with Crippen LogP contribution < -0.4 is 9.47 Å². The molecule has 0 spiro atoms. The molecule has 1 aromatic carbocycles. The highest BCUT2D eigenvalue weighted by molar-refractivity contribution is 5.81. The van der Waals surface area contributed by atoms with Crippen LogP contribution in [-0.4, -0.2) is 55.1 Å². The van der Waals surface area contributed by atoms with Crippen LogP contribution in [0, 0.1) is 0 Å². The van der Waals surface area contributed by atoms with E-state index in [9.17, 15) is 4.79 Å². The number of amides is 1. The van der Waals surface area contributed by atoms with Gasteiger partial charge in [0, 0.05) is 26.2 Å². The van der Waals surface area contributed by atoms with Crippen molar-refractivity contribution in [1.29, 1.82) is 0 Å². The molecule has 0 aliphatic carbocycles. The second-order valence-corrected chi connectivity index (χ2v) is 6.12. The number of carbonyl (C=O) groups excluding carboxylic acids is 1. The lowest BCUT2D eigenvalue weighted by Gasteiger charge is -2.35. The normalized spacial score (nSPS) is 16.5. The van der Waals surface area contributed by atoms with Gasteiger partial charge in [-0.1, -0.05) is 0 Å². The van der Waals surface area contributed by atoms with Gasteiger partial charge in [0.1, 0.15) is 17.3 Å². The fourth-order valence-corrected chi connectivity index (χ4v) is 2.92. The van der Waals surface area contributed by atoms with Crippen molar-refractivity contribution >= 4 is 5.91 Å². The molecule has 1 fully saturated rings. The van der Waals surface area contributed by atoms with E-state index in [1.165, 1.54) is 0 Å². The molecule has 2 aromatic rings. The maximum Gasteiger partial charge on any atom is 0.263 e. The SMILES string of the molecule is COc1ccc(O[C@H](C)C(=O)N2CCN(Cc3ccco3)CC2)cc1. The lowest BCUT2D eigenvalue weighted by Crippen LogP contribution is -2.51. The Bertz CT molecular complexity index is 661. The molecule has 0 bridgehead atoms. The largest absolute Gasteiger partial charge is 0.497 e. The molecule has 1 aromatic heterocycles. The molecule has 1 saturated heterocycles. The Balaban J connectivity index is 1.47. The molecule has 0 N–H and O–H groups in total. The summed E-state index contributed by atoms with van der Waals surface area (Å²) >= 11 is 0. The summed E-state index contributed by atoms with van der Waals surface area (Å²) in [7, 11) is 1.62. The van der Waals surface area contributed by atoms with Crippen LogP contribution in [0.3, 0.4) is 0 Å². The van der Waals surface area contributed by atoms with E-state index < -0.39 is 6.10 Å². The lowest BCUT2D eigenvalue weighted by molar-refractivity contribution is -0.139. The van der Waals surface area contributed by atoms with Crippen molar-refractivity contribution in [2.45, 2.75) is 19.6 Å². The second kappa shape index (κ2) is 8.07. The van der Waals surface area contributed by atoms with Gasteiger partial charge in [0.05, 0.1) is 19.9 Å². The number of carbonyl (C=O) groups is 1. The van der Waals surface area contributed by atoms with E-state index in [2.05, 4.69) is 4.90 Å². The molecule has 6 heteroatoms. The number of methoxy groups -OCH3 is 1. The number of piperazine rings is 1. The van der Waals surface area contributed by atoms with E-state index in [1.54, 1.807) is 20.3 Å². The van der Waals surface area contributed by atoms with Gasteiger partial charge in [-0.15, -0.1) is 0 Å². The molecule has 134 valence electrons. The predicted molar refractivity (Wildman–Crippen MR) is 93.6 cm³/mol. The molecule has 0 unspecified atom stereocenters. The van der Waals surface area contributed by atoms with E-state index in [1.807, 2.05) is 41.3 Å². The second-order valence-electron chi connectivity index (χ2n) is 6.12. The highest BCUT2D eigenvalue weighted by Gasteiger charge is 2.26. The smallest absolute Gasteiger partial charge is 0.263 e. The number of hydrogen-bond acceptors (Lipinski definition) is 5. The molecule has 2 heterocycles. The van der Waals surface area contributed by atoms with Crippen LogP contribution in [0.1, 0.15) is 12.7 Å². The molecule has 1 atom stereocenters. The maximum atomic E-state index is 12.6. The summed E-state index contributed by atoms with van der Waals surface area (Å²) in [5.41, 5.74) is 0. The van der Waals surface area contributed by atoms with Crippen molar-refractivity contribution in [2.75, 3.05) is 33.3 Å². The van der Waals surface area contributed by atoms with E-state index in [0.29, 0.717) is 18.8 Å². The van der Waals surface area contributed by atoms with Crippen molar-refractivity contribution in [1.82, 2.24) is 9.80 Å². The van der Waals surface area contributed by atoms with Crippen LogP contribution in [0.2, 0.25) is 0 Å². The zero-order valence-corrected chi connectivity index (χ0v) is 14.7. The minimum atomic E-state index is -0.509. The summed E-state index contributed by atoms with van der Waals surface area (Å²) < 4.78 is 16.3. The third kappa shape index (κ3) is 4.54. The van der Waals surface area contributed by atoms with Crippen molar-refractivity contribution in [3.63, 3.8) is 0 Å². The molecule has 6 nitrogen and oxygen atoms in total. The Morgan fingerprint density at radius 1 is 1.12 bits per heavy atom. The van der Waals surface area contributed by atoms with Gasteiger partial charge >= 0.3 is 0 Å². The zero-order chi connectivity index (χ0) is 17.6. The third-order valence-corrected chi connectivity index (χ3v) is 4.36. The maximum absolute atomic E-state index is 12.6. The molecule has 1 aliphatic heterocycles. The van der Waals surface area contributed by atoms with Gasteiger partial charge < -0.3 is 18.8 Å². The Morgan fingerprint density at radius 3 is 2.40 bits per heavy atom. The first-order valence-electron chi connectivity index (χ1n) is 8.50.